The van der Waals surface area contributed by atoms with Crippen molar-refractivity contribution in [3.05, 3.63) is 102 Å². The van der Waals surface area contributed by atoms with Crippen LogP contribution in [0.2, 0.25) is 0 Å². The van der Waals surface area contributed by atoms with E-state index in [4.69, 9.17) is 4.74 Å². The fourth-order valence-electron chi connectivity index (χ4n) is 5.17. The summed E-state index contributed by atoms with van der Waals surface area (Å²) >= 11 is 0. The van der Waals surface area contributed by atoms with Crippen molar-refractivity contribution in [1.29, 1.82) is 0 Å². The van der Waals surface area contributed by atoms with Crippen LogP contribution in [-0.2, 0) is 13.0 Å². The molecule has 2 N–H and O–H groups in total. The van der Waals surface area contributed by atoms with Gasteiger partial charge in [-0.15, -0.1) is 0 Å². The molecule has 4 heteroatoms. The maximum atomic E-state index is 5.43. The minimum atomic E-state index is 0.485. The topological polar surface area (TPSA) is 40.3 Å². The quantitative estimate of drug-likeness (QED) is 0.388. The van der Waals surface area contributed by atoms with Crippen LogP contribution in [0.1, 0.15) is 29.0 Å². The lowest BCUT2D eigenvalue weighted by Crippen LogP contribution is -2.48. The van der Waals surface area contributed by atoms with Crippen LogP contribution in [0.15, 0.2) is 85.1 Å². The normalized spacial score (nSPS) is 19.1. The molecule has 1 aliphatic rings. The molecule has 0 spiro atoms. The molecule has 0 saturated carbocycles. The molecule has 3 aromatic carbocycles. The molecule has 1 saturated heterocycles. The number of nitrogens with one attached hydrogen (secondary N) is 2. The van der Waals surface area contributed by atoms with E-state index in [9.17, 15) is 0 Å². The molecule has 1 aromatic heterocycles. The molecule has 4 nitrogen and oxygen atoms in total. The van der Waals surface area contributed by atoms with Gasteiger partial charge >= 0.3 is 0 Å². The molecule has 0 unspecified atom stereocenters. The molecule has 1 aliphatic heterocycles. The molecule has 170 valence electrons. The number of ether oxygens (including phenoxy) is 1. The summed E-state index contributed by atoms with van der Waals surface area (Å²) < 4.78 is 5.43. The van der Waals surface area contributed by atoms with E-state index in [1.165, 1.54) is 27.6 Å². The van der Waals surface area contributed by atoms with Gasteiger partial charge in [-0.1, -0.05) is 60.7 Å². The summed E-state index contributed by atoms with van der Waals surface area (Å²) in [6.45, 7) is 4.20. The number of hydrogen-bond donors (Lipinski definition) is 2. The van der Waals surface area contributed by atoms with Gasteiger partial charge in [-0.05, 0) is 54.3 Å². The predicted molar refractivity (Wildman–Crippen MR) is 136 cm³/mol. The summed E-state index contributed by atoms with van der Waals surface area (Å²) in [5, 5.41) is 5.17. The van der Waals surface area contributed by atoms with Gasteiger partial charge in [0, 0.05) is 48.7 Å². The molecule has 2 atom stereocenters. The van der Waals surface area contributed by atoms with Crippen LogP contribution in [0.3, 0.4) is 0 Å². The first kappa shape index (κ1) is 21.7. The highest BCUT2D eigenvalue weighted by atomic mass is 16.5. The first-order chi connectivity index (χ1) is 16.3. The van der Waals surface area contributed by atoms with E-state index < -0.39 is 0 Å². The fraction of sp³-hybridized carbons (Fsp3) is 0.310. The second kappa shape index (κ2) is 10.2. The lowest BCUT2D eigenvalue weighted by Gasteiger charge is -2.39. The van der Waals surface area contributed by atoms with Gasteiger partial charge in [0.1, 0.15) is 5.75 Å². The highest BCUT2D eigenvalue weighted by Crippen LogP contribution is 2.29. The third-order valence-electron chi connectivity index (χ3n) is 6.95. The third-order valence-corrected chi connectivity index (χ3v) is 6.95. The zero-order chi connectivity index (χ0) is 22.5. The van der Waals surface area contributed by atoms with Crippen LogP contribution in [0.5, 0.6) is 5.75 Å². The number of hydrogen-bond acceptors (Lipinski definition) is 3. The van der Waals surface area contributed by atoms with Crippen molar-refractivity contribution in [3.63, 3.8) is 0 Å². The van der Waals surface area contributed by atoms with E-state index in [0.717, 1.165) is 44.8 Å². The molecule has 0 aliphatic carbocycles. The van der Waals surface area contributed by atoms with Crippen molar-refractivity contribution in [1.82, 2.24) is 15.2 Å². The first-order valence-electron chi connectivity index (χ1n) is 12.0. The average molecular weight is 440 g/mol. The van der Waals surface area contributed by atoms with Gasteiger partial charge in [-0.2, -0.15) is 0 Å². The summed E-state index contributed by atoms with van der Waals surface area (Å²) in [5.74, 6) is 1.40. The molecule has 33 heavy (non-hydrogen) atoms. The Morgan fingerprint density at radius 1 is 1.00 bits per heavy atom. The number of methoxy groups -OCH3 is 1. The fourth-order valence-corrected chi connectivity index (χ4v) is 5.17. The van der Waals surface area contributed by atoms with Gasteiger partial charge in [0.05, 0.1) is 7.11 Å². The maximum absolute atomic E-state index is 5.43. The van der Waals surface area contributed by atoms with Crippen molar-refractivity contribution in [3.8, 4) is 5.75 Å². The Morgan fingerprint density at radius 3 is 2.58 bits per heavy atom. The summed E-state index contributed by atoms with van der Waals surface area (Å²) in [7, 11) is 1.73. The number of nitrogens with zero attached hydrogens (tertiary/aromatic N) is 1. The summed E-state index contributed by atoms with van der Waals surface area (Å²) in [4.78, 5) is 6.01. The minimum Gasteiger partial charge on any atom is -0.497 e. The van der Waals surface area contributed by atoms with Crippen molar-refractivity contribution >= 4 is 10.9 Å². The monoisotopic (exact) mass is 439 g/mol. The van der Waals surface area contributed by atoms with E-state index in [0.29, 0.717) is 12.0 Å². The number of rotatable bonds is 8. The number of fused-ring (bicyclic) bond motifs is 1. The molecule has 0 amide bonds. The number of aromatic nitrogens is 1. The largest absolute Gasteiger partial charge is 0.497 e. The number of likely N-dealkylation sites (tertiary alicyclic amines) is 1. The predicted octanol–water partition coefficient (Wildman–Crippen LogP) is 5.37. The van der Waals surface area contributed by atoms with Gasteiger partial charge in [-0.25, -0.2) is 0 Å². The van der Waals surface area contributed by atoms with Crippen molar-refractivity contribution < 1.29 is 4.74 Å². The summed E-state index contributed by atoms with van der Waals surface area (Å²) in [6, 6.07) is 28.6. The van der Waals surface area contributed by atoms with Crippen LogP contribution in [-0.4, -0.2) is 42.7 Å². The van der Waals surface area contributed by atoms with E-state index in [1.807, 2.05) is 6.07 Å². The Labute approximate surface area is 196 Å². The molecule has 0 radical (unpaired) electrons. The smallest absolute Gasteiger partial charge is 0.119 e. The lowest BCUT2D eigenvalue weighted by atomic mass is 9.85. The Balaban J connectivity index is 1.26. The highest BCUT2D eigenvalue weighted by molar-refractivity contribution is 5.84. The molecule has 5 rings (SSSR count). The van der Waals surface area contributed by atoms with Crippen molar-refractivity contribution in [2.24, 2.45) is 0 Å². The van der Waals surface area contributed by atoms with Gasteiger partial charge < -0.3 is 15.0 Å². The third kappa shape index (κ3) is 5.13. The first-order valence-corrected chi connectivity index (χ1v) is 12.0. The van der Waals surface area contributed by atoms with E-state index in [1.54, 1.807) is 7.11 Å². The van der Waals surface area contributed by atoms with Crippen molar-refractivity contribution in [2.75, 3.05) is 26.7 Å². The Bertz CT molecular complexity index is 1160. The summed E-state index contributed by atoms with van der Waals surface area (Å²) in [6.07, 6.45) is 4.30. The highest BCUT2D eigenvalue weighted by Gasteiger charge is 2.30. The second-order valence-electron chi connectivity index (χ2n) is 9.06. The van der Waals surface area contributed by atoms with Gasteiger partial charge in [0.2, 0.25) is 0 Å². The lowest BCUT2D eigenvalue weighted by molar-refractivity contribution is 0.167. The number of aromatic amines is 1. The van der Waals surface area contributed by atoms with Gasteiger partial charge in [-0.3, -0.25) is 4.90 Å². The van der Waals surface area contributed by atoms with E-state index in [2.05, 4.69) is 94.2 Å². The van der Waals surface area contributed by atoms with Crippen LogP contribution >= 0.6 is 0 Å². The second-order valence-corrected chi connectivity index (χ2v) is 9.06. The van der Waals surface area contributed by atoms with E-state index in [-0.39, 0.29) is 0 Å². The molecule has 2 heterocycles. The molecule has 0 bridgehead atoms. The summed E-state index contributed by atoms with van der Waals surface area (Å²) in [5.41, 5.74) is 5.34. The van der Waals surface area contributed by atoms with Crippen LogP contribution in [0.25, 0.3) is 10.9 Å². The molecular formula is C29H33N3O. The maximum Gasteiger partial charge on any atom is 0.119 e. The van der Waals surface area contributed by atoms with Crippen LogP contribution in [0.4, 0.5) is 0 Å². The van der Waals surface area contributed by atoms with Gasteiger partial charge in [0.25, 0.3) is 0 Å². The Hall–Kier alpha value is -3.08. The Kier molecular flexibility index (Phi) is 6.75. The van der Waals surface area contributed by atoms with Crippen LogP contribution in [0, 0.1) is 0 Å². The average Bonchev–Trinajstić information content (AvgIpc) is 3.28. The molecular weight excluding hydrogens is 406 g/mol. The standard InChI is InChI=1S/C29H33N3O/c1-33-25-12-13-28-26(18-25)24(19-31-28)14-16-30-29-15-17-32(20-22-8-4-2-5-9-22)21-27(29)23-10-6-3-7-11-23/h2-13,18-19,27,29-31H,14-17,20-21H2,1H3/t27-,29+/m0/s1. The van der Waals surface area contributed by atoms with Crippen molar-refractivity contribution in [2.45, 2.75) is 31.3 Å². The minimum absolute atomic E-state index is 0.485. The zero-order valence-electron chi connectivity index (χ0n) is 19.3. The molecule has 1 fully saturated rings. The Morgan fingerprint density at radius 2 is 1.79 bits per heavy atom. The molecule has 4 aromatic rings. The SMILES string of the molecule is COc1ccc2[nH]cc(CCN[C@@H]3CCN(Cc4ccccc4)C[C@H]3c3ccccc3)c2c1. The van der Waals surface area contributed by atoms with Crippen LogP contribution < -0.4 is 10.1 Å². The van der Waals surface area contributed by atoms with E-state index >= 15 is 0 Å². The van der Waals surface area contributed by atoms with Gasteiger partial charge in [0.15, 0.2) is 0 Å². The number of benzene rings is 3. The zero-order valence-corrected chi connectivity index (χ0v) is 19.3. The number of H-pyrrole nitrogens is 1. The number of piperidine rings is 1.